The van der Waals surface area contributed by atoms with E-state index in [1.54, 1.807) is 0 Å². The van der Waals surface area contributed by atoms with Gasteiger partial charge in [0.1, 0.15) is 11.5 Å². The van der Waals surface area contributed by atoms with E-state index < -0.39 is 5.41 Å². The molecule has 0 bridgehead atoms. The van der Waals surface area contributed by atoms with Gasteiger partial charge in [0.05, 0.1) is 0 Å². The van der Waals surface area contributed by atoms with Crippen LogP contribution < -0.4 is 0 Å². The first-order valence-corrected chi connectivity index (χ1v) is 14.7. The van der Waals surface area contributed by atoms with Crippen LogP contribution in [0, 0.1) is 0 Å². The molecule has 0 saturated heterocycles. The summed E-state index contributed by atoms with van der Waals surface area (Å²) in [6, 6.07) is 28.0. The number of aromatic hydroxyl groups is 2. The van der Waals surface area contributed by atoms with Crippen molar-refractivity contribution in [2.45, 2.75) is 88.4 Å². The van der Waals surface area contributed by atoms with E-state index >= 15 is 0 Å². The fourth-order valence-corrected chi connectivity index (χ4v) is 7.21. The average molecular weight is 505 g/mol. The summed E-state index contributed by atoms with van der Waals surface area (Å²) in [6.07, 6.45) is 12.1. The predicted octanol–water partition coefficient (Wildman–Crippen LogP) is 9.70. The zero-order valence-electron chi connectivity index (χ0n) is 22.6. The first-order valence-electron chi connectivity index (χ1n) is 14.7. The minimum Gasteiger partial charge on any atom is -0.508 e. The highest BCUT2D eigenvalue weighted by atomic mass is 16.3. The molecule has 2 nitrogen and oxygen atoms in total. The van der Waals surface area contributed by atoms with Crippen molar-refractivity contribution in [1.82, 2.24) is 0 Å². The molecule has 6 rings (SSSR count). The molecule has 0 aliphatic heterocycles. The van der Waals surface area contributed by atoms with Crippen molar-refractivity contribution in [2.75, 3.05) is 0 Å². The summed E-state index contributed by atoms with van der Waals surface area (Å²) >= 11 is 0. The van der Waals surface area contributed by atoms with Crippen LogP contribution in [0.3, 0.4) is 0 Å². The van der Waals surface area contributed by atoms with Gasteiger partial charge in [-0.05, 0) is 101 Å². The van der Waals surface area contributed by atoms with E-state index in [2.05, 4.69) is 73.7 Å². The van der Waals surface area contributed by atoms with Gasteiger partial charge in [-0.1, -0.05) is 99.2 Å². The van der Waals surface area contributed by atoms with Gasteiger partial charge in [0, 0.05) is 5.41 Å². The van der Waals surface area contributed by atoms with Gasteiger partial charge in [-0.25, -0.2) is 0 Å². The SMILES string of the molecule is CC(c1ccc(O)c(C2CCCCC2)c1)(c1ccc(O)c(C2CCCCC2)c1)c1ccc2ccccc2c1. The summed E-state index contributed by atoms with van der Waals surface area (Å²) in [5.74, 6) is 1.69. The summed E-state index contributed by atoms with van der Waals surface area (Å²) < 4.78 is 0. The van der Waals surface area contributed by atoms with Crippen LogP contribution in [0.5, 0.6) is 11.5 Å². The third-order valence-corrected chi connectivity index (χ3v) is 9.63. The molecule has 2 fully saturated rings. The molecule has 0 unspecified atom stereocenters. The van der Waals surface area contributed by atoms with Crippen LogP contribution in [-0.4, -0.2) is 10.2 Å². The number of fused-ring (bicyclic) bond motifs is 1. The Bertz CT molecular complexity index is 1360. The van der Waals surface area contributed by atoms with Crippen molar-refractivity contribution < 1.29 is 10.2 Å². The molecule has 2 saturated carbocycles. The zero-order chi connectivity index (χ0) is 26.1. The fraction of sp³-hybridized carbons (Fsp3) is 0.389. The van der Waals surface area contributed by atoms with Gasteiger partial charge in [0.2, 0.25) is 0 Å². The van der Waals surface area contributed by atoms with Crippen LogP contribution in [0.4, 0.5) is 0 Å². The van der Waals surface area contributed by atoms with Crippen LogP contribution in [-0.2, 0) is 5.41 Å². The lowest BCUT2D eigenvalue weighted by molar-refractivity contribution is 0.412. The molecular weight excluding hydrogens is 464 g/mol. The number of hydrogen-bond acceptors (Lipinski definition) is 2. The molecule has 0 radical (unpaired) electrons. The maximum absolute atomic E-state index is 11.0. The molecule has 196 valence electrons. The molecule has 2 heteroatoms. The summed E-state index contributed by atoms with van der Waals surface area (Å²) in [4.78, 5) is 0. The molecule has 4 aromatic carbocycles. The largest absolute Gasteiger partial charge is 0.508 e. The van der Waals surface area contributed by atoms with Gasteiger partial charge in [0.25, 0.3) is 0 Å². The highest BCUT2D eigenvalue weighted by molar-refractivity contribution is 5.83. The monoisotopic (exact) mass is 504 g/mol. The molecule has 4 aromatic rings. The average Bonchev–Trinajstić information content (AvgIpc) is 2.98. The smallest absolute Gasteiger partial charge is 0.119 e. The number of phenolic OH excluding ortho intramolecular Hbond substituents is 2. The second-order valence-corrected chi connectivity index (χ2v) is 11.9. The lowest BCUT2D eigenvalue weighted by Gasteiger charge is -2.35. The Morgan fingerprint density at radius 1 is 0.526 bits per heavy atom. The number of hydrogen-bond donors (Lipinski definition) is 2. The lowest BCUT2D eigenvalue weighted by atomic mass is 9.68. The third-order valence-electron chi connectivity index (χ3n) is 9.63. The Morgan fingerprint density at radius 2 is 0.974 bits per heavy atom. The molecular formula is C36H40O2. The first-order chi connectivity index (χ1) is 18.5. The van der Waals surface area contributed by atoms with Crippen molar-refractivity contribution in [3.05, 3.63) is 107 Å². The van der Waals surface area contributed by atoms with Crippen molar-refractivity contribution in [3.8, 4) is 11.5 Å². The molecule has 2 N–H and O–H groups in total. The Kier molecular flexibility index (Phi) is 6.91. The maximum Gasteiger partial charge on any atom is 0.119 e. The Hall–Kier alpha value is -3.26. The predicted molar refractivity (Wildman–Crippen MR) is 157 cm³/mol. The second kappa shape index (κ2) is 10.5. The molecule has 0 heterocycles. The van der Waals surface area contributed by atoms with E-state index in [0.717, 1.165) is 36.8 Å². The Morgan fingerprint density at radius 3 is 1.50 bits per heavy atom. The molecule has 0 aromatic heterocycles. The summed E-state index contributed by atoms with van der Waals surface area (Å²) in [5.41, 5.74) is 5.40. The van der Waals surface area contributed by atoms with E-state index in [0.29, 0.717) is 23.3 Å². The van der Waals surface area contributed by atoms with Crippen molar-refractivity contribution in [3.63, 3.8) is 0 Å². The molecule has 38 heavy (non-hydrogen) atoms. The highest BCUT2D eigenvalue weighted by Crippen LogP contribution is 2.46. The van der Waals surface area contributed by atoms with Gasteiger partial charge in [0.15, 0.2) is 0 Å². The van der Waals surface area contributed by atoms with Gasteiger partial charge >= 0.3 is 0 Å². The van der Waals surface area contributed by atoms with E-state index in [4.69, 9.17) is 0 Å². The van der Waals surface area contributed by atoms with Crippen LogP contribution in [0.15, 0.2) is 78.9 Å². The molecule has 0 amide bonds. The summed E-state index contributed by atoms with van der Waals surface area (Å²) in [7, 11) is 0. The number of phenols is 2. The molecule has 2 aliphatic carbocycles. The first kappa shape index (κ1) is 25.0. The molecule has 2 aliphatic rings. The van der Waals surface area contributed by atoms with E-state index in [1.807, 2.05) is 12.1 Å². The topological polar surface area (TPSA) is 40.5 Å². The van der Waals surface area contributed by atoms with Crippen LogP contribution in [0.1, 0.15) is 111 Å². The van der Waals surface area contributed by atoms with E-state index in [1.165, 1.54) is 66.0 Å². The van der Waals surface area contributed by atoms with Gasteiger partial charge in [-0.3, -0.25) is 0 Å². The lowest BCUT2D eigenvalue weighted by Crippen LogP contribution is -2.26. The molecule has 0 atom stereocenters. The Balaban J connectivity index is 1.53. The molecule has 0 spiro atoms. The van der Waals surface area contributed by atoms with E-state index in [9.17, 15) is 10.2 Å². The van der Waals surface area contributed by atoms with Gasteiger partial charge < -0.3 is 10.2 Å². The second-order valence-electron chi connectivity index (χ2n) is 11.9. The minimum atomic E-state index is -0.432. The summed E-state index contributed by atoms with van der Waals surface area (Å²) in [6.45, 7) is 2.32. The third kappa shape index (κ3) is 4.59. The zero-order valence-corrected chi connectivity index (χ0v) is 22.6. The highest BCUT2D eigenvalue weighted by Gasteiger charge is 2.34. The van der Waals surface area contributed by atoms with Crippen molar-refractivity contribution in [1.29, 1.82) is 0 Å². The van der Waals surface area contributed by atoms with Crippen molar-refractivity contribution in [2.24, 2.45) is 0 Å². The van der Waals surface area contributed by atoms with Gasteiger partial charge in [-0.2, -0.15) is 0 Å². The quantitative estimate of drug-likeness (QED) is 0.266. The maximum atomic E-state index is 11.0. The Labute approximate surface area is 227 Å². The van der Waals surface area contributed by atoms with Gasteiger partial charge in [-0.15, -0.1) is 0 Å². The van der Waals surface area contributed by atoms with Crippen LogP contribution >= 0.6 is 0 Å². The number of benzene rings is 4. The van der Waals surface area contributed by atoms with Crippen LogP contribution in [0.25, 0.3) is 10.8 Å². The van der Waals surface area contributed by atoms with E-state index in [-0.39, 0.29) is 0 Å². The normalized spacial score (nSPS) is 17.6. The fourth-order valence-electron chi connectivity index (χ4n) is 7.21. The summed E-state index contributed by atoms with van der Waals surface area (Å²) in [5, 5.41) is 24.4. The van der Waals surface area contributed by atoms with Crippen LogP contribution in [0.2, 0.25) is 0 Å². The van der Waals surface area contributed by atoms with Crippen molar-refractivity contribution >= 4 is 10.8 Å². The minimum absolute atomic E-state index is 0.419. The standard InChI is InChI=1S/C36H40O2/c1-36(29-17-16-25-10-8-9-15-28(25)22-29,30-18-20-34(37)32(23-30)26-11-4-2-5-12-26)31-19-21-35(38)33(24-31)27-13-6-3-7-14-27/h8-10,15-24,26-27,37-38H,2-7,11-14H2,1H3. The number of rotatable bonds is 5.